The first kappa shape index (κ1) is 22.4. The maximum atomic E-state index is 11.9. The SMILES string of the molecule is COC(=O)c1cc(Br)ccc1OCCCCCn1cnnc1-c1cccc(NC=O)n1. The first-order valence-corrected chi connectivity index (χ1v) is 10.5. The molecule has 0 saturated heterocycles. The van der Waals surface area contributed by atoms with E-state index in [2.05, 4.69) is 36.4 Å². The molecule has 2 heterocycles. The zero-order valence-electron chi connectivity index (χ0n) is 17.0. The lowest BCUT2D eigenvalue weighted by molar-refractivity contribution is -0.105. The summed E-state index contributed by atoms with van der Waals surface area (Å²) in [5, 5.41) is 10.7. The molecule has 31 heavy (non-hydrogen) atoms. The molecule has 0 fully saturated rings. The lowest BCUT2D eigenvalue weighted by atomic mass is 10.2. The number of nitrogens with one attached hydrogen (secondary N) is 1. The molecule has 0 saturated carbocycles. The largest absolute Gasteiger partial charge is 0.493 e. The number of aryl methyl sites for hydroxylation is 1. The van der Waals surface area contributed by atoms with Gasteiger partial charge in [0.15, 0.2) is 5.82 Å². The Morgan fingerprint density at radius 3 is 2.90 bits per heavy atom. The number of rotatable bonds is 11. The topological polar surface area (TPSA) is 108 Å². The van der Waals surface area contributed by atoms with Gasteiger partial charge in [0.05, 0.1) is 13.7 Å². The summed E-state index contributed by atoms with van der Waals surface area (Å²) in [5.74, 6) is 1.17. The number of methoxy groups -OCH3 is 1. The number of esters is 1. The summed E-state index contributed by atoms with van der Waals surface area (Å²) in [6, 6.07) is 10.6. The summed E-state index contributed by atoms with van der Waals surface area (Å²) < 4.78 is 13.3. The molecule has 1 aromatic carbocycles. The van der Waals surface area contributed by atoms with Gasteiger partial charge < -0.3 is 19.4 Å². The first-order valence-electron chi connectivity index (χ1n) is 9.68. The number of halogens is 1. The van der Waals surface area contributed by atoms with Crippen molar-refractivity contribution in [1.29, 1.82) is 0 Å². The lowest BCUT2D eigenvalue weighted by Gasteiger charge is -2.11. The van der Waals surface area contributed by atoms with E-state index in [1.165, 1.54) is 7.11 Å². The summed E-state index contributed by atoms with van der Waals surface area (Å²) in [5.41, 5.74) is 1.03. The highest BCUT2D eigenvalue weighted by Crippen LogP contribution is 2.24. The first-order chi connectivity index (χ1) is 15.1. The van der Waals surface area contributed by atoms with Gasteiger partial charge in [0, 0.05) is 11.0 Å². The molecule has 0 radical (unpaired) electrons. The van der Waals surface area contributed by atoms with Crippen LogP contribution < -0.4 is 10.1 Å². The van der Waals surface area contributed by atoms with Gasteiger partial charge >= 0.3 is 5.97 Å². The number of aromatic nitrogens is 4. The molecule has 0 aliphatic rings. The molecule has 1 N–H and O–H groups in total. The molecule has 0 atom stereocenters. The van der Waals surface area contributed by atoms with E-state index in [0.717, 1.165) is 30.3 Å². The van der Waals surface area contributed by atoms with Crippen LogP contribution in [0.1, 0.15) is 29.6 Å². The van der Waals surface area contributed by atoms with Crippen LogP contribution in [0.3, 0.4) is 0 Å². The molecular formula is C21H22BrN5O4. The summed E-state index contributed by atoms with van der Waals surface area (Å²) in [7, 11) is 1.34. The Hall–Kier alpha value is -3.27. The van der Waals surface area contributed by atoms with Crippen molar-refractivity contribution in [1.82, 2.24) is 19.7 Å². The second-order valence-electron chi connectivity index (χ2n) is 6.56. The van der Waals surface area contributed by atoms with Crippen LogP contribution in [0.4, 0.5) is 5.82 Å². The Balaban J connectivity index is 1.49. The minimum absolute atomic E-state index is 0.393. The summed E-state index contributed by atoms with van der Waals surface area (Å²) in [6.45, 7) is 1.21. The lowest BCUT2D eigenvalue weighted by Crippen LogP contribution is -2.07. The molecule has 3 aromatic rings. The van der Waals surface area contributed by atoms with Crippen molar-refractivity contribution < 1.29 is 19.1 Å². The van der Waals surface area contributed by atoms with Crippen LogP contribution in [0.2, 0.25) is 0 Å². The van der Waals surface area contributed by atoms with Gasteiger partial charge in [-0.1, -0.05) is 22.0 Å². The van der Waals surface area contributed by atoms with E-state index in [9.17, 15) is 9.59 Å². The van der Waals surface area contributed by atoms with Crippen molar-refractivity contribution in [2.45, 2.75) is 25.8 Å². The van der Waals surface area contributed by atoms with Crippen molar-refractivity contribution in [3.63, 3.8) is 0 Å². The smallest absolute Gasteiger partial charge is 0.341 e. The zero-order chi connectivity index (χ0) is 22.1. The molecule has 0 aliphatic heterocycles. The maximum absolute atomic E-state index is 11.9. The Labute approximate surface area is 187 Å². The van der Waals surface area contributed by atoms with Gasteiger partial charge in [-0.15, -0.1) is 10.2 Å². The number of hydrogen-bond acceptors (Lipinski definition) is 7. The Morgan fingerprint density at radius 2 is 2.10 bits per heavy atom. The van der Waals surface area contributed by atoms with E-state index in [-0.39, 0.29) is 0 Å². The van der Waals surface area contributed by atoms with Gasteiger partial charge in [-0.05, 0) is 49.6 Å². The minimum atomic E-state index is -0.433. The molecule has 0 bridgehead atoms. The average molecular weight is 488 g/mol. The number of carbonyl (C=O) groups excluding carboxylic acids is 2. The minimum Gasteiger partial charge on any atom is -0.493 e. The third-order valence-corrected chi connectivity index (χ3v) is 4.94. The van der Waals surface area contributed by atoms with Gasteiger partial charge in [-0.2, -0.15) is 0 Å². The number of amides is 1. The maximum Gasteiger partial charge on any atom is 0.341 e. The number of hydrogen-bond donors (Lipinski definition) is 1. The molecule has 162 valence electrons. The standard InChI is InChI=1S/C21H22BrN5O4/c1-30-21(29)16-12-15(22)8-9-18(16)31-11-4-2-3-10-27-13-24-26-20(27)17-6-5-7-19(25-17)23-14-28/h5-9,12-14H,2-4,10-11H2,1H3,(H,23,25,28). The van der Waals surface area contributed by atoms with Crippen molar-refractivity contribution in [3.8, 4) is 17.3 Å². The van der Waals surface area contributed by atoms with Crippen LogP contribution >= 0.6 is 15.9 Å². The van der Waals surface area contributed by atoms with E-state index in [0.29, 0.717) is 41.7 Å². The number of ether oxygens (including phenoxy) is 2. The van der Waals surface area contributed by atoms with E-state index in [4.69, 9.17) is 9.47 Å². The van der Waals surface area contributed by atoms with E-state index >= 15 is 0 Å². The van der Waals surface area contributed by atoms with E-state index in [1.807, 2.05) is 16.7 Å². The zero-order valence-corrected chi connectivity index (χ0v) is 18.5. The molecule has 0 spiro atoms. The number of pyridine rings is 1. The monoisotopic (exact) mass is 487 g/mol. The fourth-order valence-electron chi connectivity index (χ4n) is 2.96. The van der Waals surface area contributed by atoms with Crippen LogP contribution in [0.25, 0.3) is 11.5 Å². The van der Waals surface area contributed by atoms with Crippen LogP contribution in [0, 0.1) is 0 Å². The number of anilines is 1. The summed E-state index contributed by atoms with van der Waals surface area (Å²) >= 11 is 3.35. The van der Waals surface area contributed by atoms with Gasteiger partial charge in [0.25, 0.3) is 0 Å². The number of nitrogens with zero attached hydrogens (tertiary/aromatic N) is 4. The van der Waals surface area contributed by atoms with Crippen molar-refractivity contribution in [3.05, 3.63) is 52.8 Å². The molecule has 9 nitrogen and oxygen atoms in total. The van der Waals surface area contributed by atoms with E-state index in [1.54, 1.807) is 30.6 Å². The predicted molar refractivity (Wildman–Crippen MR) is 118 cm³/mol. The second kappa shape index (κ2) is 11.2. The molecule has 1 amide bonds. The molecule has 3 rings (SSSR count). The molecular weight excluding hydrogens is 466 g/mol. The van der Waals surface area contributed by atoms with Crippen LogP contribution in [-0.4, -0.2) is 45.8 Å². The molecule has 2 aromatic heterocycles. The van der Waals surface area contributed by atoms with Crippen LogP contribution in [-0.2, 0) is 16.1 Å². The van der Waals surface area contributed by atoms with Gasteiger partial charge in [-0.3, -0.25) is 4.79 Å². The fraction of sp³-hybridized carbons (Fsp3) is 0.286. The second-order valence-corrected chi connectivity index (χ2v) is 7.48. The van der Waals surface area contributed by atoms with Gasteiger partial charge in [0.2, 0.25) is 6.41 Å². The summed E-state index contributed by atoms with van der Waals surface area (Å²) in [6.07, 6.45) is 4.89. The van der Waals surface area contributed by atoms with Crippen LogP contribution in [0.5, 0.6) is 5.75 Å². The molecule has 10 heteroatoms. The molecule has 0 aliphatic carbocycles. The van der Waals surface area contributed by atoms with Gasteiger partial charge in [0.1, 0.15) is 29.2 Å². The Morgan fingerprint density at radius 1 is 1.23 bits per heavy atom. The predicted octanol–water partition coefficient (Wildman–Crippen LogP) is 3.71. The summed E-state index contributed by atoms with van der Waals surface area (Å²) in [4.78, 5) is 26.9. The number of benzene rings is 1. The number of carbonyl (C=O) groups is 2. The van der Waals surface area contributed by atoms with E-state index < -0.39 is 5.97 Å². The highest BCUT2D eigenvalue weighted by Gasteiger charge is 2.14. The van der Waals surface area contributed by atoms with Gasteiger partial charge in [-0.25, -0.2) is 9.78 Å². The Kier molecular flexibility index (Phi) is 8.11. The highest BCUT2D eigenvalue weighted by molar-refractivity contribution is 9.10. The molecule has 0 unspecified atom stereocenters. The van der Waals surface area contributed by atoms with Crippen molar-refractivity contribution >= 4 is 34.1 Å². The fourth-order valence-corrected chi connectivity index (χ4v) is 3.32. The van der Waals surface area contributed by atoms with Crippen molar-refractivity contribution in [2.24, 2.45) is 0 Å². The average Bonchev–Trinajstić information content (AvgIpc) is 3.25. The quantitative estimate of drug-likeness (QED) is 0.249. The third-order valence-electron chi connectivity index (χ3n) is 4.45. The Bertz CT molecular complexity index is 1040. The normalized spacial score (nSPS) is 10.5. The third kappa shape index (κ3) is 6.11. The van der Waals surface area contributed by atoms with Crippen molar-refractivity contribution in [2.75, 3.05) is 19.0 Å². The van der Waals surface area contributed by atoms with Crippen LogP contribution in [0.15, 0.2) is 47.2 Å². The highest BCUT2D eigenvalue weighted by atomic mass is 79.9. The number of unbranched alkanes of at least 4 members (excludes halogenated alkanes) is 2.